The van der Waals surface area contributed by atoms with Crippen LogP contribution >= 0.6 is 11.8 Å². The van der Waals surface area contributed by atoms with E-state index in [1.54, 1.807) is 16.0 Å². The van der Waals surface area contributed by atoms with Crippen LogP contribution in [0.15, 0.2) is 59.5 Å². The van der Waals surface area contributed by atoms with Crippen LogP contribution in [0.4, 0.5) is 0 Å². The maximum atomic E-state index is 2.87. The molecule has 3 saturated carbocycles. The lowest BCUT2D eigenvalue weighted by atomic mass is 9.70. The van der Waals surface area contributed by atoms with Gasteiger partial charge in [-0.3, -0.25) is 0 Å². The molecule has 2 heteroatoms. The Morgan fingerprint density at radius 1 is 0.829 bits per heavy atom. The van der Waals surface area contributed by atoms with E-state index in [1.807, 2.05) is 0 Å². The van der Waals surface area contributed by atoms with E-state index in [4.69, 9.17) is 0 Å². The third-order valence-corrected chi connectivity index (χ3v) is 19.4. The Hall–Kier alpha value is -1.25. The zero-order chi connectivity index (χ0) is 29.3. The molecule has 0 N–H and O–H groups in total. The van der Waals surface area contributed by atoms with E-state index in [0.717, 1.165) is 57.8 Å². The van der Waals surface area contributed by atoms with Crippen molar-refractivity contribution in [2.75, 3.05) is 0 Å². The summed E-state index contributed by atoms with van der Waals surface area (Å²) >= 11 is 2.29. The zero-order valence-corrected chi connectivity index (χ0v) is 29.2. The van der Waals surface area contributed by atoms with Gasteiger partial charge in [-0.05, 0) is 111 Å². The van der Waals surface area contributed by atoms with Gasteiger partial charge in [0.2, 0.25) is 0 Å². The van der Waals surface area contributed by atoms with Gasteiger partial charge in [0.15, 0.2) is 0 Å². The second kappa shape index (κ2) is 11.0. The van der Waals surface area contributed by atoms with Crippen LogP contribution in [-0.4, -0.2) is 13.3 Å². The Morgan fingerprint density at radius 2 is 1.51 bits per heavy atom. The summed E-state index contributed by atoms with van der Waals surface area (Å²) in [5.41, 5.74) is 8.42. The molecule has 41 heavy (non-hydrogen) atoms. The van der Waals surface area contributed by atoms with Gasteiger partial charge in [-0.15, -0.1) is 11.8 Å². The van der Waals surface area contributed by atoms with E-state index in [-0.39, 0.29) is 5.41 Å². The van der Waals surface area contributed by atoms with Crippen LogP contribution < -0.4 is 0 Å². The largest absolute Gasteiger partial charge is 0.127 e. The standard InChI is InChI=1S/C39H56SSi/c1-24(2)32-23-33-30(27-18-20-29(21-19-27)39(5,6)7)16-13-17-31(33)38(32)41(8,9)37-25(3)22-34-35(26(4)40-36(34)37)28-14-11-10-12-15-28/h10-12,14-15,18-21,24-25,30-34,36-38H,13,16-17,22-23H2,1-9H3. The Bertz CT molecular complexity index is 1250. The monoisotopic (exact) mass is 584 g/mol. The number of thioether (sulfide) groups is 1. The van der Waals surface area contributed by atoms with E-state index in [2.05, 4.69) is 128 Å². The van der Waals surface area contributed by atoms with Gasteiger partial charge in [0, 0.05) is 5.25 Å². The van der Waals surface area contributed by atoms with Crippen LogP contribution in [0.3, 0.4) is 0 Å². The molecule has 0 radical (unpaired) electrons. The summed E-state index contributed by atoms with van der Waals surface area (Å²) in [6, 6.07) is 21.3. The molecule has 9 atom stereocenters. The van der Waals surface area contributed by atoms with Gasteiger partial charge in [0.25, 0.3) is 0 Å². The van der Waals surface area contributed by atoms with E-state index < -0.39 is 8.07 Å². The first-order chi connectivity index (χ1) is 19.4. The van der Waals surface area contributed by atoms with Crippen LogP contribution in [0.2, 0.25) is 24.2 Å². The summed E-state index contributed by atoms with van der Waals surface area (Å²) in [6.45, 7) is 23.0. The second-order valence-electron chi connectivity index (χ2n) is 16.5. The summed E-state index contributed by atoms with van der Waals surface area (Å²) in [5.74, 6) is 5.89. The van der Waals surface area contributed by atoms with Gasteiger partial charge in [-0.1, -0.05) is 122 Å². The highest BCUT2D eigenvalue weighted by Crippen LogP contribution is 2.69. The first-order valence-electron chi connectivity index (χ1n) is 16.9. The fourth-order valence-corrected chi connectivity index (χ4v) is 20.1. The minimum atomic E-state index is -1.59. The average molecular weight is 585 g/mol. The van der Waals surface area contributed by atoms with Crippen molar-refractivity contribution in [2.45, 2.75) is 121 Å². The summed E-state index contributed by atoms with van der Waals surface area (Å²) in [4.78, 5) is 1.62. The van der Waals surface area contributed by atoms with Gasteiger partial charge in [0.05, 0.1) is 8.07 Å². The molecule has 1 aliphatic heterocycles. The second-order valence-corrected chi connectivity index (χ2v) is 22.9. The highest BCUT2D eigenvalue weighted by atomic mass is 32.2. The molecule has 0 nitrogen and oxygen atoms in total. The number of fused-ring (bicyclic) bond motifs is 2. The van der Waals surface area contributed by atoms with Gasteiger partial charge in [0.1, 0.15) is 0 Å². The van der Waals surface area contributed by atoms with Gasteiger partial charge >= 0.3 is 0 Å². The molecule has 4 aliphatic rings. The third kappa shape index (κ3) is 5.15. The van der Waals surface area contributed by atoms with Crippen molar-refractivity contribution in [1.82, 2.24) is 0 Å². The first-order valence-corrected chi connectivity index (χ1v) is 21.0. The van der Waals surface area contributed by atoms with Crippen molar-refractivity contribution >= 4 is 25.4 Å². The lowest BCUT2D eigenvalue weighted by molar-refractivity contribution is 0.235. The molecule has 1 heterocycles. The Balaban J connectivity index is 1.30. The van der Waals surface area contributed by atoms with Crippen LogP contribution in [-0.2, 0) is 5.41 Å². The number of rotatable bonds is 5. The molecule has 0 bridgehead atoms. The molecule has 2 aromatic carbocycles. The molecule has 0 spiro atoms. The molecule has 6 rings (SSSR count). The molecular weight excluding hydrogens is 529 g/mol. The lowest BCUT2D eigenvalue weighted by Gasteiger charge is -2.48. The normalized spacial score (nSPS) is 35.7. The predicted molar refractivity (Wildman–Crippen MR) is 184 cm³/mol. The fraction of sp³-hybridized carbons (Fsp3) is 0.641. The highest BCUT2D eigenvalue weighted by molar-refractivity contribution is 8.04. The zero-order valence-electron chi connectivity index (χ0n) is 27.4. The van der Waals surface area contributed by atoms with Crippen molar-refractivity contribution in [3.63, 3.8) is 0 Å². The minimum Gasteiger partial charge on any atom is -0.127 e. The highest BCUT2D eigenvalue weighted by Gasteiger charge is 2.61. The predicted octanol–water partition coefficient (Wildman–Crippen LogP) is 11.8. The van der Waals surface area contributed by atoms with E-state index in [9.17, 15) is 0 Å². The lowest BCUT2D eigenvalue weighted by Crippen LogP contribution is -2.48. The SMILES string of the molecule is CC1=C(c2ccccc2)C2CC(C)C([Si](C)(C)C3C(C(C)C)CC4C(c5ccc(C(C)(C)C)cc5)CCCC43)C2S1. The summed E-state index contributed by atoms with van der Waals surface area (Å²) in [6.07, 6.45) is 7.19. The molecule has 3 fully saturated rings. The Kier molecular flexibility index (Phi) is 8.02. The topological polar surface area (TPSA) is 0 Å². The third-order valence-electron chi connectivity index (χ3n) is 12.5. The molecule has 9 unspecified atom stereocenters. The van der Waals surface area contributed by atoms with E-state index >= 15 is 0 Å². The van der Waals surface area contributed by atoms with Crippen LogP contribution in [0, 0.1) is 35.5 Å². The molecule has 0 aromatic heterocycles. The Labute approximate surface area is 257 Å². The minimum absolute atomic E-state index is 0.228. The van der Waals surface area contributed by atoms with Gasteiger partial charge < -0.3 is 0 Å². The number of allylic oxidation sites excluding steroid dienone is 2. The number of hydrogen-bond donors (Lipinski definition) is 0. The number of benzene rings is 2. The fourth-order valence-electron chi connectivity index (χ4n) is 10.9. The summed E-state index contributed by atoms with van der Waals surface area (Å²) < 4.78 is 0. The first kappa shape index (κ1) is 29.8. The van der Waals surface area contributed by atoms with Crippen LogP contribution in [0.5, 0.6) is 0 Å². The van der Waals surface area contributed by atoms with Gasteiger partial charge in [-0.2, -0.15) is 0 Å². The van der Waals surface area contributed by atoms with Gasteiger partial charge in [-0.25, -0.2) is 0 Å². The average Bonchev–Trinajstić information content (AvgIpc) is 3.57. The van der Waals surface area contributed by atoms with Crippen molar-refractivity contribution in [3.05, 3.63) is 76.2 Å². The molecule has 3 aliphatic carbocycles. The molecular formula is C39H56SSi. The van der Waals surface area contributed by atoms with Crippen molar-refractivity contribution in [2.24, 2.45) is 35.5 Å². The van der Waals surface area contributed by atoms with Crippen LogP contribution in [0.1, 0.15) is 103 Å². The number of hydrogen-bond acceptors (Lipinski definition) is 1. The van der Waals surface area contributed by atoms with Crippen molar-refractivity contribution in [3.8, 4) is 0 Å². The summed E-state index contributed by atoms with van der Waals surface area (Å²) in [5, 5.41) is 0.804. The van der Waals surface area contributed by atoms with Crippen molar-refractivity contribution < 1.29 is 0 Å². The molecule has 2 aromatic rings. The maximum Gasteiger partial charge on any atom is 0.0556 e. The molecule has 0 saturated heterocycles. The smallest absolute Gasteiger partial charge is 0.0556 e. The van der Waals surface area contributed by atoms with Crippen molar-refractivity contribution in [1.29, 1.82) is 0 Å². The van der Waals surface area contributed by atoms with E-state index in [0.29, 0.717) is 0 Å². The molecule has 222 valence electrons. The molecule has 0 amide bonds. The maximum absolute atomic E-state index is 2.87. The van der Waals surface area contributed by atoms with Crippen LogP contribution in [0.25, 0.3) is 5.57 Å². The van der Waals surface area contributed by atoms with E-state index in [1.165, 1.54) is 43.2 Å². The summed E-state index contributed by atoms with van der Waals surface area (Å²) in [7, 11) is -1.59. The quantitative estimate of drug-likeness (QED) is 0.315. The Morgan fingerprint density at radius 3 is 2.15 bits per heavy atom.